The van der Waals surface area contributed by atoms with Gasteiger partial charge in [0, 0.05) is 47.9 Å². The maximum Gasteiger partial charge on any atom is 0.252 e. The molecule has 1 unspecified atom stereocenters. The molecule has 0 amide bonds. The van der Waals surface area contributed by atoms with Crippen molar-refractivity contribution in [3.8, 4) is 0 Å². The predicted octanol–water partition coefficient (Wildman–Crippen LogP) is 4.29. The number of aromatic nitrogens is 1. The third-order valence-electron chi connectivity index (χ3n) is 6.20. The molecule has 5 rings (SSSR count). The molecule has 0 fully saturated rings. The normalized spacial score (nSPS) is 23.7. The molecule has 5 heteroatoms. The molecule has 1 aromatic heterocycles. The molecule has 0 bridgehead atoms. The van der Waals surface area contributed by atoms with E-state index in [1.807, 2.05) is 44.2 Å². The van der Waals surface area contributed by atoms with Gasteiger partial charge in [0.25, 0.3) is 5.56 Å². The Balaban J connectivity index is 1.78. The Hall–Kier alpha value is -2.95. The Kier molecular flexibility index (Phi) is 3.92. The molecule has 3 aliphatic rings. The highest BCUT2D eigenvalue weighted by Gasteiger charge is 2.46. The van der Waals surface area contributed by atoms with Crippen molar-refractivity contribution in [2.24, 2.45) is 5.41 Å². The van der Waals surface area contributed by atoms with Gasteiger partial charge < -0.3 is 9.72 Å². The SMILES string of the molecule is CC1(C)CC(=O)C2=C(C1)OC1=C(C(=O)CCC1)C2c1cc2ccccc2[nH]c1=O. The van der Waals surface area contributed by atoms with Gasteiger partial charge in [0.1, 0.15) is 11.5 Å². The summed E-state index contributed by atoms with van der Waals surface area (Å²) in [7, 11) is 0. The van der Waals surface area contributed by atoms with E-state index in [1.54, 1.807) is 0 Å². The van der Waals surface area contributed by atoms with E-state index in [0.717, 1.165) is 17.3 Å². The molecule has 29 heavy (non-hydrogen) atoms. The first kappa shape index (κ1) is 18.1. The van der Waals surface area contributed by atoms with Gasteiger partial charge in [0.2, 0.25) is 0 Å². The first-order chi connectivity index (χ1) is 13.8. The fraction of sp³-hybridized carbons (Fsp3) is 0.375. The highest BCUT2D eigenvalue weighted by Crippen LogP contribution is 2.50. The fourth-order valence-corrected chi connectivity index (χ4v) is 4.94. The molecule has 2 heterocycles. The average molecular weight is 389 g/mol. The largest absolute Gasteiger partial charge is 0.465 e. The molecular formula is C24H23NO4. The highest BCUT2D eigenvalue weighted by atomic mass is 16.5. The zero-order valence-corrected chi connectivity index (χ0v) is 16.6. The van der Waals surface area contributed by atoms with Gasteiger partial charge in [0.15, 0.2) is 11.6 Å². The van der Waals surface area contributed by atoms with Gasteiger partial charge in [0.05, 0.1) is 5.92 Å². The smallest absolute Gasteiger partial charge is 0.252 e. The van der Waals surface area contributed by atoms with Crippen molar-refractivity contribution in [1.29, 1.82) is 0 Å². The summed E-state index contributed by atoms with van der Waals surface area (Å²) in [5, 5.41) is 0.879. The van der Waals surface area contributed by atoms with Crippen LogP contribution in [-0.4, -0.2) is 16.6 Å². The number of fused-ring (bicyclic) bond motifs is 1. The lowest BCUT2D eigenvalue weighted by atomic mass is 9.68. The number of benzene rings is 1. The highest BCUT2D eigenvalue weighted by molar-refractivity contribution is 6.06. The average Bonchev–Trinajstić information content (AvgIpc) is 2.65. The topological polar surface area (TPSA) is 76.2 Å². The Bertz CT molecular complexity index is 1190. The van der Waals surface area contributed by atoms with Crippen LogP contribution < -0.4 is 5.56 Å². The Morgan fingerprint density at radius 3 is 2.55 bits per heavy atom. The summed E-state index contributed by atoms with van der Waals surface area (Å²) in [6, 6.07) is 9.37. The maximum atomic E-state index is 13.2. The van der Waals surface area contributed by atoms with Crippen molar-refractivity contribution in [2.45, 2.75) is 51.9 Å². The van der Waals surface area contributed by atoms with Crippen LogP contribution in [0.5, 0.6) is 0 Å². The molecular weight excluding hydrogens is 366 g/mol. The number of Topliss-reactive ketones (excluding diaryl/α,β-unsaturated/α-hetero) is 2. The molecule has 1 N–H and O–H groups in total. The molecule has 2 aromatic rings. The molecule has 148 valence electrons. The van der Waals surface area contributed by atoms with Crippen molar-refractivity contribution >= 4 is 22.5 Å². The van der Waals surface area contributed by atoms with Crippen LogP contribution in [0, 0.1) is 5.41 Å². The maximum absolute atomic E-state index is 13.2. The first-order valence-corrected chi connectivity index (χ1v) is 10.2. The van der Waals surface area contributed by atoms with Crippen molar-refractivity contribution < 1.29 is 14.3 Å². The fourth-order valence-electron chi connectivity index (χ4n) is 4.94. The molecule has 0 saturated heterocycles. The summed E-state index contributed by atoms with van der Waals surface area (Å²) in [5.74, 6) is 0.588. The zero-order valence-electron chi connectivity index (χ0n) is 16.6. The Morgan fingerprint density at radius 1 is 0.966 bits per heavy atom. The van der Waals surface area contributed by atoms with Crippen LogP contribution in [0.3, 0.4) is 0 Å². The van der Waals surface area contributed by atoms with E-state index in [9.17, 15) is 14.4 Å². The van der Waals surface area contributed by atoms with Crippen LogP contribution >= 0.6 is 0 Å². The minimum Gasteiger partial charge on any atom is -0.465 e. The van der Waals surface area contributed by atoms with Gasteiger partial charge >= 0.3 is 0 Å². The van der Waals surface area contributed by atoms with Crippen LogP contribution in [0.2, 0.25) is 0 Å². The van der Waals surface area contributed by atoms with E-state index in [-0.39, 0.29) is 22.5 Å². The second kappa shape index (κ2) is 6.28. The number of carbonyl (C=O) groups excluding carboxylic acids is 2. The van der Waals surface area contributed by atoms with Gasteiger partial charge in [-0.3, -0.25) is 14.4 Å². The summed E-state index contributed by atoms with van der Waals surface area (Å²) in [5.41, 5.74) is 1.74. The number of pyridine rings is 1. The van der Waals surface area contributed by atoms with E-state index in [2.05, 4.69) is 4.98 Å². The third-order valence-corrected chi connectivity index (χ3v) is 6.20. The van der Waals surface area contributed by atoms with E-state index in [1.165, 1.54) is 0 Å². The molecule has 5 nitrogen and oxygen atoms in total. The Labute approximate surface area is 168 Å². The van der Waals surface area contributed by atoms with Crippen LogP contribution in [0.4, 0.5) is 0 Å². The standard InChI is InChI=1S/C24H23NO4/c1-24(2)11-17(27)22-19(12-24)29-18-9-5-8-16(26)21(18)20(22)14-10-13-6-3-4-7-15(13)25-23(14)28/h3-4,6-7,10,20H,5,8-9,11-12H2,1-2H3,(H,25,28). The summed E-state index contributed by atoms with van der Waals surface area (Å²) in [6.07, 6.45) is 2.83. The number of H-pyrrole nitrogens is 1. The van der Waals surface area contributed by atoms with Crippen LogP contribution in [0.15, 0.2) is 57.8 Å². The van der Waals surface area contributed by atoms with E-state index in [4.69, 9.17) is 4.74 Å². The number of para-hydroxylation sites is 1. The first-order valence-electron chi connectivity index (χ1n) is 10.2. The number of carbonyl (C=O) groups is 2. The van der Waals surface area contributed by atoms with E-state index < -0.39 is 5.92 Å². The summed E-state index contributed by atoms with van der Waals surface area (Å²) in [4.78, 5) is 42.1. The molecule has 0 saturated carbocycles. The zero-order chi connectivity index (χ0) is 20.3. The molecule has 0 radical (unpaired) electrons. The lowest BCUT2D eigenvalue weighted by Gasteiger charge is -2.39. The van der Waals surface area contributed by atoms with Crippen molar-refractivity contribution in [3.05, 3.63) is 68.9 Å². The van der Waals surface area contributed by atoms with E-state index in [0.29, 0.717) is 53.9 Å². The predicted molar refractivity (Wildman–Crippen MR) is 109 cm³/mol. The van der Waals surface area contributed by atoms with E-state index >= 15 is 0 Å². The van der Waals surface area contributed by atoms with Gasteiger partial charge in [-0.05, 0) is 29.4 Å². The quantitative estimate of drug-likeness (QED) is 0.789. The summed E-state index contributed by atoms with van der Waals surface area (Å²) in [6.45, 7) is 4.09. The summed E-state index contributed by atoms with van der Waals surface area (Å²) >= 11 is 0. The van der Waals surface area contributed by atoms with Crippen LogP contribution in [0.25, 0.3) is 10.9 Å². The lowest BCUT2D eigenvalue weighted by molar-refractivity contribution is -0.119. The molecule has 1 atom stereocenters. The van der Waals surface area contributed by atoms with Crippen molar-refractivity contribution in [3.63, 3.8) is 0 Å². The summed E-state index contributed by atoms with van der Waals surface area (Å²) < 4.78 is 6.16. The molecule has 0 spiro atoms. The van der Waals surface area contributed by atoms with Gasteiger partial charge in [-0.2, -0.15) is 0 Å². The number of hydrogen-bond acceptors (Lipinski definition) is 4. The Morgan fingerprint density at radius 2 is 1.72 bits per heavy atom. The van der Waals surface area contributed by atoms with Gasteiger partial charge in [-0.1, -0.05) is 32.0 Å². The number of nitrogens with one attached hydrogen (secondary N) is 1. The van der Waals surface area contributed by atoms with Crippen molar-refractivity contribution in [2.75, 3.05) is 0 Å². The number of hydrogen-bond donors (Lipinski definition) is 1. The molecule has 1 aliphatic heterocycles. The number of allylic oxidation sites excluding steroid dienone is 4. The number of rotatable bonds is 1. The van der Waals surface area contributed by atoms with Crippen LogP contribution in [0.1, 0.15) is 57.4 Å². The second-order valence-electron chi connectivity index (χ2n) is 9.07. The van der Waals surface area contributed by atoms with Crippen LogP contribution in [-0.2, 0) is 14.3 Å². The number of ether oxygens (including phenoxy) is 1. The monoisotopic (exact) mass is 389 g/mol. The molecule has 2 aliphatic carbocycles. The minimum atomic E-state index is -0.640. The van der Waals surface area contributed by atoms with Gasteiger partial charge in [-0.15, -0.1) is 0 Å². The molecule has 1 aromatic carbocycles. The van der Waals surface area contributed by atoms with Gasteiger partial charge in [-0.25, -0.2) is 0 Å². The van der Waals surface area contributed by atoms with Crippen molar-refractivity contribution in [1.82, 2.24) is 4.98 Å². The lowest BCUT2D eigenvalue weighted by Crippen LogP contribution is -2.36. The minimum absolute atomic E-state index is 0.0204. The second-order valence-corrected chi connectivity index (χ2v) is 9.07. The number of ketones is 2. The third kappa shape index (κ3) is 2.87. The number of aromatic amines is 1.